The summed E-state index contributed by atoms with van der Waals surface area (Å²) in [6, 6.07) is 0. The summed E-state index contributed by atoms with van der Waals surface area (Å²) in [5, 5.41) is 0.266. The predicted octanol–water partition coefficient (Wildman–Crippen LogP) is 1.32. The molecular weight excluding hydrogens is 252 g/mol. The summed E-state index contributed by atoms with van der Waals surface area (Å²) in [5.41, 5.74) is 5.28. The number of nitrogens with two attached hydrogens (primary N) is 1. The Hall–Kier alpha value is -0.100. The maximum Gasteiger partial charge on any atom is 0.172 e. The van der Waals surface area contributed by atoms with E-state index in [2.05, 4.69) is 9.97 Å². The molecule has 9 heavy (non-hydrogen) atoms. The molecule has 0 spiro atoms. The number of hydrogen-bond acceptors (Lipinski definition) is 3. The summed E-state index contributed by atoms with van der Waals surface area (Å²) in [4.78, 5) is 7.59. The highest BCUT2D eigenvalue weighted by atomic mass is 127. The molecule has 2 N–H and O–H groups in total. The first-order valence-electron chi connectivity index (χ1n) is 2.13. The van der Waals surface area contributed by atoms with Crippen LogP contribution in [0.15, 0.2) is 6.20 Å². The van der Waals surface area contributed by atoms with Crippen LogP contribution in [-0.2, 0) is 0 Å². The van der Waals surface area contributed by atoms with Gasteiger partial charge in [-0.1, -0.05) is 11.6 Å². The van der Waals surface area contributed by atoms with Crippen molar-refractivity contribution in [3.8, 4) is 0 Å². The second-order valence-corrected chi connectivity index (χ2v) is 2.83. The van der Waals surface area contributed by atoms with Crippen molar-refractivity contribution in [2.24, 2.45) is 0 Å². The third-order valence-electron chi connectivity index (χ3n) is 0.726. The molecule has 0 aliphatic heterocycles. The Morgan fingerprint density at radius 1 is 1.67 bits per heavy atom. The molecule has 1 rings (SSSR count). The molecule has 3 nitrogen and oxygen atoms in total. The molecule has 0 aliphatic carbocycles. The van der Waals surface area contributed by atoms with Gasteiger partial charge in [0, 0.05) is 0 Å². The van der Waals surface area contributed by atoms with E-state index in [-0.39, 0.29) is 11.0 Å². The number of halogens is 2. The van der Waals surface area contributed by atoms with E-state index >= 15 is 0 Å². The lowest BCUT2D eigenvalue weighted by Gasteiger charge is -1.93. The molecule has 0 bridgehead atoms. The zero-order chi connectivity index (χ0) is 6.85. The van der Waals surface area contributed by atoms with Crippen molar-refractivity contribution in [2.75, 3.05) is 5.73 Å². The zero-order valence-electron chi connectivity index (χ0n) is 4.31. The topological polar surface area (TPSA) is 51.8 Å². The highest BCUT2D eigenvalue weighted by Gasteiger charge is 1.96. The van der Waals surface area contributed by atoms with Gasteiger partial charge in [-0.15, -0.1) is 0 Å². The van der Waals surface area contributed by atoms with E-state index in [9.17, 15) is 0 Å². The number of nitrogens with zero attached hydrogens (tertiary/aromatic N) is 2. The van der Waals surface area contributed by atoms with E-state index in [1.807, 2.05) is 22.6 Å². The fourth-order valence-electron chi connectivity index (χ4n) is 0.356. The molecule has 0 aromatic carbocycles. The van der Waals surface area contributed by atoms with Crippen LogP contribution in [0, 0.1) is 3.70 Å². The normalized spacial score (nSPS) is 9.56. The molecule has 0 aliphatic rings. The number of rotatable bonds is 0. The van der Waals surface area contributed by atoms with Gasteiger partial charge < -0.3 is 5.73 Å². The van der Waals surface area contributed by atoms with Crippen LogP contribution in [0.5, 0.6) is 0 Å². The Labute approximate surface area is 70.8 Å². The zero-order valence-corrected chi connectivity index (χ0v) is 7.22. The lowest BCUT2D eigenvalue weighted by molar-refractivity contribution is 1.17. The minimum Gasteiger partial charge on any atom is -0.381 e. The monoisotopic (exact) mass is 255 g/mol. The van der Waals surface area contributed by atoms with Crippen LogP contribution in [0.1, 0.15) is 0 Å². The molecule has 0 saturated carbocycles. The van der Waals surface area contributed by atoms with Crippen LogP contribution in [0.25, 0.3) is 0 Å². The average Bonchev–Trinajstić information content (AvgIpc) is 1.80. The molecule has 0 radical (unpaired) electrons. The summed E-state index contributed by atoms with van der Waals surface area (Å²) in [7, 11) is 0. The van der Waals surface area contributed by atoms with E-state index in [0.29, 0.717) is 0 Å². The van der Waals surface area contributed by atoms with Gasteiger partial charge >= 0.3 is 0 Å². The number of anilines is 1. The van der Waals surface area contributed by atoms with Crippen LogP contribution in [0.4, 0.5) is 5.82 Å². The summed E-state index contributed by atoms with van der Waals surface area (Å²) >= 11 is 7.52. The Morgan fingerprint density at radius 3 is 2.78 bits per heavy atom. The minimum absolute atomic E-state index is 0.266. The predicted molar refractivity (Wildman–Crippen MR) is 44.2 cm³/mol. The van der Waals surface area contributed by atoms with Gasteiger partial charge in [0.2, 0.25) is 0 Å². The first kappa shape index (κ1) is 7.01. The van der Waals surface area contributed by atoms with Gasteiger partial charge in [-0.2, -0.15) is 0 Å². The third-order valence-corrected chi connectivity index (χ3v) is 1.52. The van der Waals surface area contributed by atoms with Gasteiger partial charge in [-0.05, 0) is 22.6 Å². The van der Waals surface area contributed by atoms with Crippen molar-refractivity contribution in [1.29, 1.82) is 0 Å². The highest BCUT2D eigenvalue weighted by molar-refractivity contribution is 14.1. The van der Waals surface area contributed by atoms with Gasteiger partial charge in [0.25, 0.3) is 0 Å². The highest BCUT2D eigenvalue weighted by Crippen LogP contribution is 2.12. The van der Waals surface area contributed by atoms with Gasteiger partial charge in [0.1, 0.15) is 3.70 Å². The quantitative estimate of drug-likeness (QED) is 0.711. The Balaban J connectivity index is 3.17. The van der Waals surface area contributed by atoms with E-state index in [0.717, 1.165) is 3.70 Å². The van der Waals surface area contributed by atoms with Gasteiger partial charge in [-0.25, -0.2) is 9.97 Å². The van der Waals surface area contributed by atoms with Crippen molar-refractivity contribution >= 4 is 40.0 Å². The second kappa shape index (κ2) is 2.66. The molecule has 1 aromatic rings. The maximum absolute atomic E-state index is 5.51. The molecule has 0 unspecified atom stereocenters. The molecule has 0 saturated heterocycles. The minimum atomic E-state index is 0.266. The van der Waals surface area contributed by atoms with Crippen LogP contribution in [0.2, 0.25) is 5.15 Å². The molecule has 0 amide bonds. The molecule has 1 aromatic heterocycles. The summed E-state index contributed by atoms with van der Waals surface area (Å²) in [6.45, 7) is 0. The lowest BCUT2D eigenvalue weighted by atomic mass is 10.7. The Morgan fingerprint density at radius 2 is 2.33 bits per heavy atom. The molecule has 1 heterocycles. The third kappa shape index (κ3) is 1.65. The fourth-order valence-corrected chi connectivity index (χ4v) is 1.02. The number of aromatic nitrogens is 2. The Bertz CT molecular complexity index is 227. The fraction of sp³-hybridized carbons (Fsp3) is 0. The van der Waals surface area contributed by atoms with E-state index < -0.39 is 0 Å². The van der Waals surface area contributed by atoms with Gasteiger partial charge in [0.15, 0.2) is 11.0 Å². The number of nitrogen functional groups attached to an aromatic ring is 1. The lowest BCUT2D eigenvalue weighted by Crippen LogP contribution is -1.94. The first-order valence-corrected chi connectivity index (χ1v) is 3.59. The largest absolute Gasteiger partial charge is 0.381 e. The molecule has 48 valence electrons. The van der Waals surface area contributed by atoms with Crippen LogP contribution in [-0.4, -0.2) is 9.97 Å². The molecule has 0 atom stereocenters. The summed E-state index contributed by atoms with van der Waals surface area (Å²) < 4.78 is 0.742. The van der Waals surface area contributed by atoms with Crippen LogP contribution in [0.3, 0.4) is 0 Å². The average molecular weight is 255 g/mol. The molecule has 5 heteroatoms. The van der Waals surface area contributed by atoms with E-state index in [1.54, 1.807) is 6.20 Å². The smallest absolute Gasteiger partial charge is 0.172 e. The first-order chi connectivity index (χ1) is 4.20. The molecular formula is C4H3ClIN3. The standard InChI is InChI=1S/C4H3ClIN3/c5-3-4(7)8-1-2(6)9-3/h1H,(H2,7,8). The van der Waals surface area contributed by atoms with Crippen molar-refractivity contribution in [3.63, 3.8) is 0 Å². The van der Waals surface area contributed by atoms with Gasteiger partial charge in [-0.3, -0.25) is 0 Å². The SMILES string of the molecule is Nc1ncc(I)nc1Cl. The van der Waals surface area contributed by atoms with Crippen molar-refractivity contribution < 1.29 is 0 Å². The summed E-state index contributed by atoms with van der Waals surface area (Å²) in [6.07, 6.45) is 1.56. The van der Waals surface area contributed by atoms with Crippen LogP contribution < -0.4 is 5.73 Å². The maximum atomic E-state index is 5.51. The number of hydrogen-bond donors (Lipinski definition) is 1. The van der Waals surface area contributed by atoms with Crippen molar-refractivity contribution in [3.05, 3.63) is 15.1 Å². The molecule has 0 fully saturated rings. The van der Waals surface area contributed by atoms with E-state index in [1.165, 1.54) is 0 Å². The van der Waals surface area contributed by atoms with Gasteiger partial charge in [0.05, 0.1) is 6.20 Å². The van der Waals surface area contributed by atoms with Crippen molar-refractivity contribution in [2.45, 2.75) is 0 Å². The van der Waals surface area contributed by atoms with Crippen LogP contribution >= 0.6 is 34.2 Å². The Kier molecular flexibility index (Phi) is 2.07. The second-order valence-electron chi connectivity index (χ2n) is 1.37. The summed E-state index contributed by atoms with van der Waals surface area (Å²) in [5.74, 6) is 0.275. The van der Waals surface area contributed by atoms with Crippen molar-refractivity contribution in [1.82, 2.24) is 9.97 Å². The van der Waals surface area contributed by atoms with E-state index in [4.69, 9.17) is 17.3 Å².